The van der Waals surface area contributed by atoms with Crippen molar-refractivity contribution in [1.29, 1.82) is 0 Å². The number of ether oxygens (including phenoxy) is 1. The van der Waals surface area contributed by atoms with Gasteiger partial charge in [-0.05, 0) is 18.1 Å². The maximum Gasteiger partial charge on any atom is 0.415 e. The van der Waals surface area contributed by atoms with Gasteiger partial charge < -0.3 is 15.2 Å². The molecule has 0 heterocycles. The van der Waals surface area contributed by atoms with Gasteiger partial charge in [0.1, 0.15) is 0 Å². The van der Waals surface area contributed by atoms with Crippen LogP contribution in [-0.4, -0.2) is 30.5 Å². The fraction of sp³-hybridized carbons (Fsp3) is 0.538. The fourth-order valence-corrected chi connectivity index (χ4v) is 1.54. The van der Waals surface area contributed by atoms with E-state index >= 15 is 0 Å². The molecular formula is C13H18F3NO2. The average Bonchev–Trinajstić information content (AvgIpc) is 2.36. The Bertz CT molecular complexity index is 382. The van der Waals surface area contributed by atoms with E-state index in [9.17, 15) is 13.2 Å². The molecule has 0 aliphatic carbocycles. The second kappa shape index (κ2) is 7.47. The van der Waals surface area contributed by atoms with Gasteiger partial charge in [-0.15, -0.1) is 0 Å². The highest BCUT2D eigenvalue weighted by Gasteiger charge is 2.37. The molecule has 0 fully saturated rings. The van der Waals surface area contributed by atoms with Crippen molar-refractivity contribution in [2.45, 2.75) is 32.4 Å². The van der Waals surface area contributed by atoms with Crippen molar-refractivity contribution >= 4 is 0 Å². The number of benzene rings is 1. The van der Waals surface area contributed by atoms with Crippen LogP contribution in [0.5, 0.6) is 0 Å². The third-order valence-electron chi connectivity index (χ3n) is 2.61. The van der Waals surface area contributed by atoms with E-state index in [-0.39, 0.29) is 6.54 Å². The van der Waals surface area contributed by atoms with E-state index in [2.05, 4.69) is 5.32 Å². The lowest BCUT2D eigenvalue weighted by atomic mass is 10.1. The lowest BCUT2D eigenvalue weighted by Crippen LogP contribution is -2.38. The summed E-state index contributed by atoms with van der Waals surface area (Å²) in [4.78, 5) is 0. The van der Waals surface area contributed by atoms with Gasteiger partial charge in [-0.1, -0.05) is 24.3 Å². The number of aliphatic hydroxyl groups excluding tert-OH is 1. The Morgan fingerprint density at radius 2 is 1.89 bits per heavy atom. The van der Waals surface area contributed by atoms with Crippen LogP contribution in [0.2, 0.25) is 0 Å². The van der Waals surface area contributed by atoms with E-state index < -0.39 is 18.8 Å². The van der Waals surface area contributed by atoms with E-state index in [0.717, 1.165) is 11.1 Å². The molecule has 1 unspecified atom stereocenters. The highest BCUT2D eigenvalue weighted by Crippen LogP contribution is 2.19. The van der Waals surface area contributed by atoms with Gasteiger partial charge in [0.05, 0.1) is 6.61 Å². The summed E-state index contributed by atoms with van der Waals surface area (Å²) in [6, 6.07) is 7.35. The van der Waals surface area contributed by atoms with Crippen molar-refractivity contribution < 1.29 is 23.0 Å². The zero-order chi connectivity index (χ0) is 14.3. The molecule has 0 aromatic heterocycles. The van der Waals surface area contributed by atoms with Gasteiger partial charge >= 0.3 is 6.18 Å². The number of aliphatic hydroxyl groups is 1. The number of hydrogen-bond donors (Lipinski definition) is 2. The molecule has 1 aromatic rings. The normalized spacial score (nSPS) is 13.5. The molecule has 1 atom stereocenters. The summed E-state index contributed by atoms with van der Waals surface area (Å²) in [7, 11) is 0. The van der Waals surface area contributed by atoms with Crippen molar-refractivity contribution in [3.05, 3.63) is 35.4 Å². The minimum Gasteiger partial charge on any atom is -0.382 e. The molecule has 108 valence electrons. The van der Waals surface area contributed by atoms with Gasteiger partial charge in [0.2, 0.25) is 0 Å². The molecule has 0 aliphatic rings. The Hall–Kier alpha value is -1.11. The third kappa shape index (κ3) is 5.59. The van der Waals surface area contributed by atoms with E-state index in [0.29, 0.717) is 13.2 Å². The van der Waals surface area contributed by atoms with Gasteiger partial charge in [-0.25, -0.2) is 0 Å². The summed E-state index contributed by atoms with van der Waals surface area (Å²) in [5, 5.41) is 11.5. The topological polar surface area (TPSA) is 41.5 Å². The highest BCUT2D eigenvalue weighted by molar-refractivity contribution is 5.26. The van der Waals surface area contributed by atoms with Crippen molar-refractivity contribution in [1.82, 2.24) is 5.32 Å². The average molecular weight is 277 g/mol. The molecule has 19 heavy (non-hydrogen) atoms. The second-order valence-corrected chi connectivity index (χ2v) is 4.09. The van der Waals surface area contributed by atoms with Crippen LogP contribution in [0, 0.1) is 0 Å². The van der Waals surface area contributed by atoms with Crippen LogP contribution in [0.1, 0.15) is 18.1 Å². The van der Waals surface area contributed by atoms with E-state index in [1.165, 1.54) is 0 Å². The molecule has 0 saturated carbocycles. The van der Waals surface area contributed by atoms with Crippen molar-refractivity contribution in [2.75, 3.05) is 13.2 Å². The molecule has 0 spiro atoms. The zero-order valence-corrected chi connectivity index (χ0v) is 10.7. The molecule has 2 N–H and O–H groups in total. The first-order chi connectivity index (χ1) is 8.95. The maximum atomic E-state index is 12.1. The van der Waals surface area contributed by atoms with E-state index in [4.69, 9.17) is 9.84 Å². The number of hydrogen-bond acceptors (Lipinski definition) is 3. The lowest BCUT2D eigenvalue weighted by Gasteiger charge is -2.16. The SMILES string of the molecule is CCOCc1ccccc1CNCC(O)C(F)(F)F. The molecule has 3 nitrogen and oxygen atoms in total. The van der Waals surface area contributed by atoms with Crippen LogP contribution in [0.3, 0.4) is 0 Å². The van der Waals surface area contributed by atoms with Crippen LogP contribution in [-0.2, 0) is 17.9 Å². The summed E-state index contributed by atoms with van der Waals surface area (Å²) in [6.45, 7) is 2.62. The first-order valence-corrected chi connectivity index (χ1v) is 6.05. The second-order valence-electron chi connectivity index (χ2n) is 4.09. The Labute approximate surface area is 110 Å². The van der Waals surface area contributed by atoms with Crippen molar-refractivity contribution in [2.24, 2.45) is 0 Å². The van der Waals surface area contributed by atoms with Crippen LogP contribution < -0.4 is 5.32 Å². The van der Waals surface area contributed by atoms with Gasteiger partial charge in [-0.2, -0.15) is 13.2 Å². The number of nitrogens with one attached hydrogen (secondary N) is 1. The molecule has 0 radical (unpaired) electrons. The van der Waals surface area contributed by atoms with Crippen LogP contribution in [0.4, 0.5) is 13.2 Å². The first kappa shape index (κ1) is 15.9. The molecule has 1 rings (SSSR count). The molecule has 0 bridgehead atoms. The standard InChI is InChI=1S/C13H18F3NO2/c1-2-19-9-11-6-4-3-5-10(11)7-17-8-12(18)13(14,15)16/h3-6,12,17-18H,2,7-9H2,1H3. The molecular weight excluding hydrogens is 259 g/mol. The minimum absolute atomic E-state index is 0.260. The monoisotopic (exact) mass is 277 g/mol. The van der Waals surface area contributed by atoms with Gasteiger partial charge in [0.25, 0.3) is 0 Å². The van der Waals surface area contributed by atoms with Crippen LogP contribution in [0.25, 0.3) is 0 Å². The smallest absolute Gasteiger partial charge is 0.382 e. The summed E-state index contributed by atoms with van der Waals surface area (Å²) < 4.78 is 41.6. The Balaban J connectivity index is 2.49. The molecule has 1 aromatic carbocycles. The number of halogens is 3. The van der Waals surface area contributed by atoms with Gasteiger partial charge in [0, 0.05) is 19.7 Å². The highest BCUT2D eigenvalue weighted by atomic mass is 19.4. The quantitative estimate of drug-likeness (QED) is 0.803. The van der Waals surface area contributed by atoms with Crippen molar-refractivity contribution in [3.63, 3.8) is 0 Å². The third-order valence-corrected chi connectivity index (χ3v) is 2.61. The predicted octanol–water partition coefficient (Wildman–Crippen LogP) is 2.24. The lowest BCUT2D eigenvalue weighted by molar-refractivity contribution is -0.201. The molecule has 0 amide bonds. The largest absolute Gasteiger partial charge is 0.415 e. The summed E-state index contributed by atoms with van der Waals surface area (Å²) in [5.74, 6) is 0. The fourth-order valence-electron chi connectivity index (χ4n) is 1.54. The molecule has 0 saturated heterocycles. The van der Waals surface area contributed by atoms with Crippen LogP contribution in [0.15, 0.2) is 24.3 Å². The number of alkyl halides is 3. The summed E-state index contributed by atoms with van der Waals surface area (Å²) in [5.41, 5.74) is 1.80. The Kier molecular flexibility index (Phi) is 6.27. The van der Waals surface area contributed by atoms with Gasteiger partial charge in [-0.3, -0.25) is 0 Å². The van der Waals surface area contributed by atoms with E-state index in [1.807, 2.05) is 31.2 Å². The minimum atomic E-state index is -4.59. The number of rotatable bonds is 7. The van der Waals surface area contributed by atoms with Crippen LogP contribution >= 0.6 is 0 Å². The summed E-state index contributed by atoms with van der Waals surface area (Å²) in [6.07, 6.45) is -6.93. The Morgan fingerprint density at radius 3 is 2.47 bits per heavy atom. The maximum absolute atomic E-state index is 12.1. The van der Waals surface area contributed by atoms with Gasteiger partial charge in [0.15, 0.2) is 6.10 Å². The zero-order valence-electron chi connectivity index (χ0n) is 10.7. The summed E-state index contributed by atoms with van der Waals surface area (Å²) >= 11 is 0. The predicted molar refractivity (Wildman–Crippen MR) is 65.5 cm³/mol. The Morgan fingerprint density at radius 1 is 1.26 bits per heavy atom. The molecule has 0 aliphatic heterocycles. The van der Waals surface area contributed by atoms with E-state index in [1.54, 1.807) is 0 Å². The molecule has 6 heteroatoms. The van der Waals surface area contributed by atoms with Crippen molar-refractivity contribution in [3.8, 4) is 0 Å². The first-order valence-electron chi connectivity index (χ1n) is 6.05.